The first-order chi connectivity index (χ1) is 9.78. The van der Waals surface area contributed by atoms with Crippen LogP contribution in [0.4, 0.5) is 5.13 Å². The molecule has 1 fully saturated rings. The lowest BCUT2D eigenvalue weighted by atomic mass is 10.1. The number of anilines is 1. The van der Waals surface area contributed by atoms with Crippen molar-refractivity contribution in [3.63, 3.8) is 0 Å². The van der Waals surface area contributed by atoms with Gasteiger partial charge in [0.2, 0.25) is 0 Å². The maximum absolute atomic E-state index is 12.8. The summed E-state index contributed by atoms with van der Waals surface area (Å²) in [6.07, 6.45) is 5.62. The number of hydrogen-bond donors (Lipinski definition) is 1. The van der Waals surface area contributed by atoms with E-state index in [4.69, 9.17) is 0 Å². The SMILES string of the molecule is CNc1nc(-c2cc3c(n(C4CC4)c2=O)CCC3)cs1. The third kappa shape index (κ3) is 1.80. The van der Waals surface area contributed by atoms with Crippen LogP contribution in [-0.4, -0.2) is 16.6 Å². The minimum atomic E-state index is 0.154. The summed E-state index contributed by atoms with van der Waals surface area (Å²) in [7, 11) is 1.85. The summed E-state index contributed by atoms with van der Waals surface area (Å²) in [6, 6.07) is 2.52. The van der Waals surface area contributed by atoms with Crippen molar-refractivity contribution in [2.24, 2.45) is 0 Å². The molecule has 0 radical (unpaired) electrons. The molecule has 0 aromatic carbocycles. The Bertz CT molecular complexity index is 727. The Balaban J connectivity index is 1.92. The van der Waals surface area contributed by atoms with E-state index in [1.54, 1.807) is 11.3 Å². The normalized spacial score (nSPS) is 17.2. The Morgan fingerprint density at radius 1 is 1.40 bits per heavy atom. The Kier molecular flexibility index (Phi) is 2.70. The van der Waals surface area contributed by atoms with Gasteiger partial charge in [-0.2, -0.15) is 0 Å². The first-order valence-corrected chi connectivity index (χ1v) is 8.07. The maximum Gasteiger partial charge on any atom is 0.260 e. The topological polar surface area (TPSA) is 46.9 Å². The minimum Gasteiger partial charge on any atom is -0.365 e. The summed E-state index contributed by atoms with van der Waals surface area (Å²) in [4.78, 5) is 17.3. The number of aromatic nitrogens is 2. The summed E-state index contributed by atoms with van der Waals surface area (Å²) >= 11 is 1.55. The summed E-state index contributed by atoms with van der Waals surface area (Å²) in [5.41, 5.74) is 4.38. The molecule has 0 spiro atoms. The molecule has 2 aromatic heterocycles. The number of nitrogens with one attached hydrogen (secondary N) is 1. The fourth-order valence-corrected chi connectivity index (χ4v) is 3.76. The zero-order chi connectivity index (χ0) is 13.7. The lowest BCUT2D eigenvalue weighted by Crippen LogP contribution is -2.24. The summed E-state index contributed by atoms with van der Waals surface area (Å²) in [5.74, 6) is 0. The summed E-state index contributed by atoms with van der Waals surface area (Å²) in [6.45, 7) is 0. The van der Waals surface area contributed by atoms with Crippen LogP contribution in [-0.2, 0) is 12.8 Å². The molecule has 4 nitrogen and oxygen atoms in total. The average Bonchev–Trinajstić information content (AvgIpc) is 3.00. The predicted octanol–water partition coefficient (Wildman–Crippen LogP) is 2.84. The molecular formula is C15H17N3OS. The monoisotopic (exact) mass is 287 g/mol. The predicted molar refractivity (Wildman–Crippen MR) is 81.7 cm³/mol. The van der Waals surface area contributed by atoms with E-state index in [0.717, 1.165) is 42.1 Å². The molecule has 20 heavy (non-hydrogen) atoms. The first kappa shape index (κ1) is 12.1. The molecule has 2 aromatic rings. The van der Waals surface area contributed by atoms with Crippen LogP contribution in [0.1, 0.15) is 36.6 Å². The van der Waals surface area contributed by atoms with Crippen molar-refractivity contribution in [1.29, 1.82) is 0 Å². The van der Waals surface area contributed by atoms with E-state index in [0.29, 0.717) is 6.04 Å². The van der Waals surface area contributed by atoms with Crippen molar-refractivity contribution in [3.8, 4) is 11.3 Å². The molecule has 0 aliphatic heterocycles. The molecule has 1 saturated carbocycles. The second-order valence-corrected chi connectivity index (χ2v) is 6.44. The molecule has 5 heteroatoms. The van der Waals surface area contributed by atoms with Gasteiger partial charge in [-0.05, 0) is 43.7 Å². The molecule has 0 saturated heterocycles. The molecule has 0 unspecified atom stereocenters. The van der Waals surface area contributed by atoms with Crippen molar-refractivity contribution in [2.75, 3.05) is 12.4 Å². The van der Waals surface area contributed by atoms with Crippen molar-refractivity contribution in [1.82, 2.24) is 9.55 Å². The average molecular weight is 287 g/mol. The highest BCUT2D eigenvalue weighted by Crippen LogP contribution is 2.38. The van der Waals surface area contributed by atoms with Gasteiger partial charge in [0.05, 0.1) is 11.3 Å². The van der Waals surface area contributed by atoms with Crippen LogP contribution in [0.3, 0.4) is 0 Å². The molecule has 2 aliphatic carbocycles. The first-order valence-electron chi connectivity index (χ1n) is 7.19. The number of aryl methyl sites for hydroxylation is 1. The highest BCUT2D eigenvalue weighted by atomic mass is 32.1. The number of hydrogen-bond acceptors (Lipinski definition) is 4. The standard InChI is InChI=1S/C15H17N3OS/c1-16-15-17-12(8-20-15)11-7-9-3-2-4-13(9)18(14(11)19)10-5-6-10/h7-8,10H,2-6H2,1H3,(H,16,17). The van der Waals surface area contributed by atoms with E-state index in [1.165, 1.54) is 17.7 Å². The number of fused-ring (bicyclic) bond motifs is 1. The molecule has 2 heterocycles. The molecule has 1 N–H and O–H groups in total. The van der Waals surface area contributed by atoms with Crippen LogP contribution >= 0.6 is 11.3 Å². The third-order valence-electron chi connectivity index (χ3n) is 4.19. The van der Waals surface area contributed by atoms with E-state index in [2.05, 4.69) is 20.9 Å². The Morgan fingerprint density at radius 2 is 2.25 bits per heavy atom. The van der Waals surface area contributed by atoms with Crippen molar-refractivity contribution in [3.05, 3.63) is 33.1 Å². The third-order valence-corrected chi connectivity index (χ3v) is 5.05. The van der Waals surface area contributed by atoms with Crippen LogP contribution in [0, 0.1) is 0 Å². The second-order valence-electron chi connectivity index (χ2n) is 5.58. The van der Waals surface area contributed by atoms with E-state index < -0.39 is 0 Å². The van der Waals surface area contributed by atoms with Gasteiger partial charge in [0.25, 0.3) is 5.56 Å². The summed E-state index contributed by atoms with van der Waals surface area (Å²) < 4.78 is 2.07. The second kappa shape index (κ2) is 4.45. The van der Waals surface area contributed by atoms with Crippen molar-refractivity contribution in [2.45, 2.75) is 38.1 Å². The summed E-state index contributed by atoms with van der Waals surface area (Å²) in [5, 5.41) is 5.87. The molecular weight excluding hydrogens is 270 g/mol. The van der Waals surface area contributed by atoms with Crippen molar-refractivity contribution >= 4 is 16.5 Å². The highest BCUT2D eigenvalue weighted by Gasteiger charge is 2.30. The van der Waals surface area contributed by atoms with Gasteiger partial charge in [-0.1, -0.05) is 0 Å². The van der Waals surface area contributed by atoms with Gasteiger partial charge < -0.3 is 9.88 Å². The highest BCUT2D eigenvalue weighted by molar-refractivity contribution is 7.14. The van der Waals surface area contributed by atoms with Gasteiger partial charge >= 0.3 is 0 Å². The molecule has 104 valence electrons. The number of thiazole rings is 1. The molecule has 0 amide bonds. The van der Waals surface area contributed by atoms with Crippen LogP contribution in [0.5, 0.6) is 0 Å². The van der Waals surface area contributed by atoms with Gasteiger partial charge in [0, 0.05) is 24.2 Å². The zero-order valence-corrected chi connectivity index (χ0v) is 12.3. The smallest absolute Gasteiger partial charge is 0.260 e. The molecule has 0 bridgehead atoms. The number of rotatable bonds is 3. The van der Waals surface area contributed by atoms with Gasteiger partial charge in [-0.25, -0.2) is 4.98 Å². The van der Waals surface area contributed by atoms with Gasteiger partial charge in [-0.3, -0.25) is 4.79 Å². The van der Waals surface area contributed by atoms with Crippen LogP contribution < -0.4 is 10.9 Å². The zero-order valence-electron chi connectivity index (χ0n) is 11.5. The fraction of sp³-hybridized carbons (Fsp3) is 0.467. The van der Waals surface area contributed by atoms with Gasteiger partial charge in [0.1, 0.15) is 0 Å². The lowest BCUT2D eigenvalue weighted by Gasteiger charge is -2.13. The van der Waals surface area contributed by atoms with E-state index >= 15 is 0 Å². The largest absolute Gasteiger partial charge is 0.365 e. The van der Waals surface area contributed by atoms with Crippen LogP contribution in [0.25, 0.3) is 11.3 Å². The van der Waals surface area contributed by atoms with E-state index in [1.807, 2.05) is 12.4 Å². The number of pyridine rings is 1. The molecule has 2 aliphatic rings. The Morgan fingerprint density at radius 3 is 2.95 bits per heavy atom. The van der Waals surface area contributed by atoms with Crippen LogP contribution in [0.15, 0.2) is 16.2 Å². The van der Waals surface area contributed by atoms with Gasteiger partial charge in [-0.15, -0.1) is 11.3 Å². The van der Waals surface area contributed by atoms with E-state index in [-0.39, 0.29) is 5.56 Å². The fourth-order valence-electron chi connectivity index (χ4n) is 3.08. The maximum atomic E-state index is 12.8. The quantitative estimate of drug-likeness (QED) is 0.944. The number of nitrogens with zero attached hydrogens (tertiary/aromatic N) is 2. The minimum absolute atomic E-state index is 0.154. The van der Waals surface area contributed by atoms with Crippen molar-refractivity contribution < 1.29 is 0 Å². The Hall–Kier alpha value is -1.62. The molecule has 4 rings (SSSR count). The molecule has 0 atom stereocenters. The van der Waals surface area contributed by atoms with E-state index in [9.17, 15) is 4.79 Å². The lowest BCUT2D eigenvalue weighted by molar-refractivity contribution is 0.666. The van der Waals surface area contributed by atoms with Crippen LogP contribution in [0.2, 0.25) is 0 Å². The van der Waals surface area contributed by atoms with Gasteiger partial charge in [0.15, 0.2) is 5.13 Å². The Labute approximate surface area is 121 Å².